The first-order valence-electron chi connectivity index (χ1n) is 7.29. The molecule has 0 N–H and O–H groups in total. The Morgan fingerprint density at radius 2 is 2.00 bits per heavy atom. The first-order valence-corrected chi connectivity index (χ1v) is 8.11. The van der Waals surface area contributed by atoms with E-state index in [-0.39, 0.29) is 11.1 Å². The van der Waals surface area contributed by atoms with Gasteiger partial charge < -0.3 is 9.32 Å². The van der Waals surface area contributed by atoms with Crippen LogP contribution in [0.2, 0.25) is 0 Å². The molecular weight excluding hydrogens is 288 g/mol. The Labute approximate surface area is 128 Å². The Kier molecular flexibility index (Phi) is 4.05. The lowest BCUT2D eigenvalue weighted by molar-refractivity contribution is -0.122. The van der Waals surface area contributed by atoms with Crippen LogP contribution < -0.4 is 4.90 Å². The summed E-state index contributed by atoms with van der Waals surface area (Å²) in [6, 6.07) is 3.78. The summed E-state index contributed by atoms with van der Waals surface area (Å²) in [6.07, 6.45) is 5.30. The minimum absolute atomic E-state index is 0.212. The molecule has 2 aliphatic rings. The van der Waals surface area contributed by atoms with Crippen LogP contribution in [0.5, 0.6) is 0 Å². The van der Waals surface area contributed by atoms with Crippen LogP contribution in [-0.4, -0.2) is 35.7 Å². The number of amides is 2. The second-order valence-corrected chi connectivity index (χ2v) is 6.14. The summed E-state index contributed by atoms with van der Waals surface area (Å²) in [5.74, 6) is 1.23. The number of rotatable bonds is 3. The number of likely N-dealkylation sites (N-methyl/N-ethyl adjacent to an activating group) is 1. The molecule has 3 heterocycles. The van der Waals surface area contributed by atoms with Crippen molar-refractivity contribution < 1.29 is 14.0 Å². The van der Waals surface area contributed by atoms with Gasteiger partial charge in [0.25, 0.3) is 11.1 Å². The fraction of sp³-hybridized carbons (Fsp3) is 0.467. The molecule has 2 aliphatic heterocycles. The van der Waals surface area contributed by atoms with Gasteiger partial charge in [-0.15, -0.1) is 0 Å². The van der Waals surface area contributed by atoms with E-state index in [1.807, 2.05) is 12.1 Å². The molecule has 0 atom stereocenters. The zero-order valence-electron chi connectivity index (χ0n) is 12.0. The van der Waals surface area contributed by atoms with Gasteiger partial charge in [-0.1, -0.05) is 0 Å². The van der Waals surface area contributed by atoms with Crippen molar-refractivity contribution >= 4 is 34.9 Å². The minimum Gasteiger partial charge on any atom is -0.441 e. The molecule has 1 aromatic heterocycles. The molecule has 6 heteroatoms. The van der Waals surface area contributed by atoms with Gasteiger partial charge in [0.05, 0.1) is 4.91 Å². The van der Waals surface area contributed by atoms with Crippen LogP contribution in [0.4, 0.5) is 10.7 Å². The standard InChI is InChI=1S/C15H18N2O3S/c1-2-17-14(18)12(21-15(17)19)10-11-6-7-13(20-11)16-8-4-3-5-9-16/h6-7,10H,2-5,8-9H2,1H3/b12-10+. The van der Waals surface area contributed by atoms with Gasteiger partial charge in [0.15, 0.2) is 5.88 Å². The number of hydrogen-bond acceptors (Lipinski definition) is 5. The summed E-state index contributed by atoms with van der Waals surface area (Å²) in [4.78, 5) is 27.6. The van der Waals surface area contributed by atoms with Crippen LogP contribution in [0, 0.1) is 0 Å². The number of imide groups is 1. The molecule has 0 aromatic carbocycles. The zero-order valence-corrected chi connectivity index (χ0v) is 12.8. The van der Waals surface area contributed by atoms with E-state index in [2.05, 4.69) is 4.90 Å². The lowest BCUT2D eigenvalue weighted by Crippen LogP contribution is -2.28. The van der Waals surface area contributed by atoms with Gasteiger partial charge in [0.2, 0.25) is 0 Å². The van der Waals surface area contributed by atoms with E-state index in [9.17, 15) is 9.59 Å². The highest BCUT2D eigenvalue weighted by atomic mass is 32.2. The Morgan fingerprint density at radius 3 is 2.67 bits per heavy atom. The fourth-order valence-electron chi connectivity index (χ4n) is 2.61. The van der Waals surface area contributed by atoms with Gasteiger partial charge in [0, 0.05) is 31.8 Å². The zero-order chi connectivity index (χ0) is 14.8. The third kappa shape index (κ3) is 2.85. The van der Waals surface area contributed by atoms with Gasteiger partial charge in [-0.2, -0.15) is 0 Å². The molecule has 0 unspecified atom stereocenters. The predicted molar refractivity (Wildman–Crippen MR) is 83.1 cm³/mol. The van der Waals surface area contributed by atoms with Crippen LogP contribution >= 0.6 is 11.8 Å². The number of nitrogens with zero attached hydrogens (tertiary/aromatic N) is 2. The van der Waals surface area contributed by atoms with E-state index in [4.69, 9.17) is 4.42 Å². The Bertz CT molecular complexity index is 587. The third-order valence-corrected chi connectivity index (χ3v) is 4.65. The normalized spacial score (nSPS) is 21.7. The van der Waals surface area contributed by atoms with Crippen LogP contribution in [0.1, 0.15) is 31.9 Å². The molecule has 0 radical (unpaired) electrons. The summed E-state index contributed by atoms with van der Waals surface area (Å²) >= 11 is 0.971. The van der Waals surface area contributed by atoms with Crippen LogP contribution in [-0.2, 0) is 4.79 Å². The summed E-state index contributed by atoms with van der Waals surface area (Å²) in [5, 5.41) is -0.212. The second kappa shape index (κ2) is 5.97. The molecule has 0 bridgehead atoms. The maximum atomic E-state index is 12.0. The smallest absolute Gasteiger partial charge is 0.293 e. The molecule has 1 aromatic rings. The second-order valence-electron chi connectivity index (χ2n) is 5.15. The Balaban J connectivity index is 1.76. The minimum atomic E-state index is -0.233. The SMILES string of the molecule is CCN1C(=O)S/C(=C/c2ccc(N3CCCCC3)o2)C1=O. The molecule has 2 saturated heterocycles. The summed E-state index contributed by atoms with van der Waals surface area (Å²) < 4.78 is 5.79. The molecule has 0 spiro atoms. The monoisotopic (exact) mass is 306 g/mol. The third-order valence-electron chi connectivity index (χ3n) is 3.74. The maximum Gasteiger partial charge on any atom is 0.293 e. The summed E-state index contributed by atoms with van der Waals surface area (Å²) in [7, 11) is 0. The average molecular weight is 306 g/mol. The van der Waals surface area contributed by atoms with E-state index >= 15 is 0 Å². The van der Waals surface area contributed by atoms with E-state index in [0.717, 1.165) is 30.7 Å². The number of furan rings is 1. The Hall–Kier alpha value is -1.69. The number of thioether (sulfide) groups is 1. The lowest BCUT2D eigenvalue weighted by Gasteiger charge is -2.25. The quantitative estimate of drug-likeness (QED) is 0.802. The van der Waals surface area contributed by atoms with Crippen molar-refractivity contribution in [1.29, 1.82) is 0 Å². The highest BCUT2D eigenvalue weighted by Gasteiger charge is 2.33. The predicted octanol–water partition coefficient (Wildman–Crippen LogP) is 3.33. The van der Waals surface area contributed by atoms with Gasteiger partial charge in [-0.25, -0.2) is 0 Å². The highest BCUT2D eigenvalue weighted by Crippen LogP contribution is 2.33. The van der Waals surface area contributed by atoms with Crippen LogP contribution in [0.25, 0.3) is 6.08 Å². The van der Waals surface area contributed by atoms with Gasteiger partial charge >= 0.3 is 0 Å². The number of hydrogen-bond donors (Lipinski definition) is 0. The van der Waals surface area contributed by atoms with Gasteiger partial charge in [-0.05, 0) is 44.0 Å². The van der Waals surface area contributed by atoms with Crippen molar-refractivity contribution in [3.63, 3.8) is 0 Å². The van der Waals surface area contributed by atoms with E-state index in [1.54, 1.807) is 13.0 Å². The highest BCUT2D eigenvalue weighted by molar-refractivity contribution is 8.18. The van der Waals surface area contributed by atoms with Crippen LogP contribution in [0.15, 0.2) is 21.5 Å². The summed E-state index contributed by atoms with van der Waals surface area (Å²) in [6.45, 7) is 4.22. The maximum absolute atomic E-state index is 12.0. The first kappa shape index (κ1) is 14.3. The topological polar surface area (TPSA) is 53.8 Å². The molecule has 21 heavy (non-hydrogen) atoms. The van der Waals surface area contributed by atoms with Gasteiger partial charge in [-0.3, -0.25) is 14.5 Å². The molecule has 0 saturated carbocycles. The van der Waals surface area contributed by atoms with Gasteiger partial charge in [0.1, 0.15) is 5.76 Å². The number of carbonyl (C=O) groups excluding carboxylic acids is 2. The molecular formula is C15H18N2O3S. The largest absolute Gasteiger partial charge is 0.441 e. The van der Waals surface area contributed by atoms with Crippen molar-refractivity contribution in [1.82, 2.24) is 4.90 Å². The van der Waals surface area contributed by atoms with Crippen molar-refractivity contribution in [2.75, 3.05) is 24.5 Å². The number of carbonyl (C=O) groups is 2. The lowest BCUT2D eigenvalue weighted by atomic mass is 10.1. The number of piperidine rings is 1. The average Bonchev–Trinajstić information content (AvgIpc) is 3.06. The molecule has 5 nitrogen and oxygen atoms in total. The molecule has 2 fully saturated rings. The van der Waals surface area contributed by atoms with E-state index in [1.165, 1.54) is 24.2 Å². The summed E-state index contributed by atoms with van der Waals surface area (Å²) in [5.41, 5.74) is 0. The molecule has 2 amide bonds. The van der Waals surface area contributed by atoms with Crippen molar-refractivity contribution in [3.05, 3.63) is 22.8 Å². The fourth-order valence-corrected chi connectivity index (χ4v) is 3.49. The molecule has 3 rings (SSSR count). The van der Waals surface area contributed by atoms with E-state index in [0.29, 0.717) is 17.2 Å². The van der Waals surface area contributed by atoms with Crippen LogP contribution in [0.3, 0.4) is 0 Å². The van der Waals surface area contributed by atoms with E-state index < -0.39 is 0 Å². The first-order chi connectivity index (χ1) is 10.2. The molecule has 0 aliphatic carbocycles. The Morgan fingerprint density at radius 1 is 1.24 bits per heavy atom. The number of anilines is 1. The van der Waals surface area contributed by atoms with Crippen molar-refractivity contribution in [2.45, 2.75) is 26.2 Å². The molecule has 112 valence electrons. The van der Waals surface area contributed by atoms with Crippen molar-refractivity contribution in [3.8, 4) is 0 Å². The van der Waals surface area contributed by atoms with Crippen molar-refractivity contribution in [2.24, 2.45) is 0 Å².